The summed E-state index contributed by atoms with van der Waals surface area (Å²) in [6, 6.07) is 25.4. The van der Waals surface area contributed by atoms with Crippen molar-refractivity contribution in [1.29, 1.82) is 0 Å². The van der Waals surface area contributed by atoms with Crippen molar-refractivity contribution in [3.05, 3.63) is 101 Å². The van der Waals surface area contributed by atoms with Gasteiger partial charge in [0.05, 0.1) is 0 Å². The third kappa shape index (κ3) is 3.87. The molecule has 0 bridgehead atoms. The van der Waals surface area contributed by atoms with E-state index in [2.05, 4.69) is 82.8 Å². The maximum absolute atomic E-state index is 6.05. The highest BCUT2D eigenvalue weighted by Crippen LogP contribution is 2.33. The van der Waals surface area contributed by atoms with Gasteiger partial charge in [-0.3, -0.25) is 4.90 Å². The number of aromatic amines is 1. The number of hydrogen-bond donors (Lipinski definition) is 1. The second kappa shape index (κ2) is 7.90. The van der Waals surface area contributed by atoms with E-state index in [-0.39, 0.29) is 0 Å². The van der Waals surface area contributed by atoms with Crippen molar-refractivity contribution in [3.8, 4) is 11.1 Å². The summed E-state index contributed by atoms with van der Waals surface area (Å²) in [5, 5.41) is 2.06. The van der Waals surface area contributed by atoms with Crippen LogP contribution in [0.1, 0.15) is 17.5 Å². The predicted molar refractivity (Wildman–Crippen MR) is 123 cm³/mol. The van der Waals surface area contributed by atoms with Gasteiger partial charge in [0.1, 0.15) is 0 Å². The Labute approximate surface area is 176 Å². The molecule has 4 aromatic rings. The molecule has 0 saturated heterocycles. The average Bonchev–Trinajstić information content (AvgIpc) is 3.19. The summed E-state index contributed by atoms with van der Waals surface area (Å²) in [6.07, 6.45) is 5.63. The molecule has 0 unspecified atom stereocenters. The first-order valence-corrected chi connectivity index (χ1v) is 10.5. The van der Waals surface area contributed by atoms with E-state index >= 15 is 0 Å². The highest BCUT2D eigenvalue weighted by atomic mass is 35.5. The van der Waals surface area contributed by atoms with E-state index in [1.165, 1.54) is 38.7 Å². The van der Waals surface area contributed by atoms with Crippen LogP contribution in [-0.4, -0.2) is 23.0 Å². The number of rotatable bonds is 4. The molecule has 1 aliphatic heterocycles. The molecular weight excluding hydrogens is 376 g/mol. The first kappa shape index (κ1) is 18.2. The van der Waals surface area contributed by atoms with E-state index in [1.54, 1.807) is 0 Å². The van der Waals surface area contributed by atoms with Crippen molar-refractivity contribution in [2.45, 2.75) is 13.0 Å². The molecule has 1 aliphatic rings. The molecule has 3 aromatic carbocycles. The molecular formula is C26H23ClN2. The number of halogens is 1. The number of aromatic nitrogens is 1. The summed E-state index contributed by atoms with van der Waals surface area (Å²) in [7, 11) is 0. The third-order valence-electron chi connectivity index (χ3n) is 5.75. The molecule has 0 aliphatic carbocycles. The van der Waals surface area contributed by atoms with Crippen LogP contribution in [0.15, 0.2) is 85.1 Å². The third-order valence-corrected chi connectivity index (χ3v) is 6.00. The summed E-state index contributed by atoms with van der Waals surface area (Å²) >= 11 is 6.05. The summed E-state index contributed by atoms with van der Waals surface area (Å²) in [4.78, 5) is 5.96. The highest BCUT2D eigenvalue weighted by molar-refractivity contribution is 6.30. The fourth-order valence-electron chi connectivity index (χ4n) is 4.15. The number of benzene rings is 3. The lowest BCUT2D eigenvalue weighted by atomic mass is 9.96. The normalized spacial score (nSPS) is 14.9. The van der Waals surface area contributed by atoms with Crippen LogP contribution in [0, 0.1) is 0 Å². The van der Waals surface area contributed by atoms with Crippen molar-refractivity contribution >= 4 is 28.1 Å². The monoisotopic (exact) mass is 398 g/mol. The lowest BCUT2D eigenvalue weighted by Crippen LogP contribution is -2.27. The summed E-state index contributed by atoms with van der Waals surface area (Å²) in [5.41, 5.74) is 7.74. The maximum atomic E-state index is 6.05. The van der Waals surface area contributed by atoms with Gasteiger partial charge in [-0.05, 0) is 52.9 Å². The number of hydrogen-bond acceptors (Lipinski definition) is 1. The van der Waals surface area contributed by atoms with Crippen molar-refractivity contribution in [1.82, 2.24) is 9.88 Å². The van der Waals surface area contributed by atoms with Crippen LogP contribution in [0.25, 0.3) is 27.6 Å². The Balaban J connectivity index is 1.40. The number of fused-ring (bicyclic) bond motifs is 1. The van der Waals surface area contributed by atoms with E-state index in [4.69, 9.17) is 11.6 Å². The number of nitrogens with zero attached hydrogens (tertiary/aromatic N) is 1. The minimum atomic E-state index is 0.768. The van der Waals surface area contributed by atoms with Crippen LogP contribution >= 0.6 is 11.6 Å². The van der Waals surface area contributed by atoms with Gasteiger partial charge in [0.25, 0.3) is 0 Å². The summed E-state index contributed by atoms with van der Waals surface area (Å²) < 4.78 is 0. The molecule has 2 heterocycles. The molecule has 0 amide bonds. The molecule has 0 atom stereocenters. The van der Waals surface area contributed by atoms with E-state index < -0.39 is 0 Å². The van der Waals surface area contributed by atoms with Gasteiger partial charge in [-0.15, -0.1) is 0 Å². The van der Waals surface area contributed by atoms with E-state index in [9.17, 15) is 0 Å². The zero-order valence-electron chi connectivity index (χ0n) is 16.2. The maximum Gasteiger partial charge on any atom is 0.0460 e. The molecule has 0 radical (unpaired) electrons. The molecule has 0 spiro atoms. The molecule has 2 nitrogen and oxygen atoms in total. The van der Waals surface area contributed by atoms with Crippen molar-refractivity contribution in [2.75, 3.05) is 13.1 Å². The predicted octanol–water partition coefficient (Wildman–Crippen LogP) is 6.78. The minimum absolute atomic E-state index is 0.768. The topological polar surface area (TPSA) is 19.0 Å². The van der Waals surface area contributed by atoms with Gasteiger partial charge in [-0.25, -0.2) is 0 Å². The summed E-state index contributed by atoms with van der Waals surface area (Å²) in [6.45, 7) is 3.09. The molecule has 0 fully saturated rings. The van der Waals surface area contributed by atoms with Crippen molar-refractivity contribution in [3.63, 3.8) is 0 Å². The molecule has 29 heavy (non-hydrogen) atoms. The Morgan fingerprint density at radius 1 is 0.897 bits per heavy atom. The van der Waals surface area contributed by atoms with Crippen LogP contribution in [0.5, 0.6) is 0 Å². The second-order valence-corrected chi connectivity index (χ2v) is 8.11. The largest absolute Gasteiger partial charge is 0.361 e. The fraction of sp³-hybridized carbons (Fsp3) is 0.154. The SMILES string of the molecule is Clc1ccc(-c2ccc3[nH]cc(C4=CCN(Cc5ccccc5)CC4)c3c2)cc1. The molecule has 5 rings (SSSR count). The smallest absolute Gasteiger partial charge is 0.0460 e. The van der Waals surface area contributed by atoms with E-state index in [1.807, 2.05) is 12.1 Å². The van der Waals surface area contributed by atoms with Crippen LogP contribution in [0.4, 0.5) is 0 Å². The van der Waals surface area contributed by atoms with E-state index in [0.29, 0.717) is 0 Å². The molecule has 3 heteroatoms. The van der Waals surface area contributed by atoms with Gasteiger partial charge in [0.2, 0.25) is 0 Å². The van der Waals surface area contributed by atoms with Gasteiger partial charge in [0.15, 0.2) is 0 Å². The lowest BCUT2D eigenvalue weighted by molar-refractivity contribution is 0.294. The molecule has 144 valence electrons. The van der Waals surface area contributed by atoms with Gasteiger partial charge in [-0.1, -0.05) is 66.2 Å². The molecule has 0 saturated carbocycles. The van der Waals surface area contributed by atoms with Gasteiger partial charge >= 0.3 is 0 Å². The summed E-state index contributed by atoms with van der Waals surface area (Å²) in [5.74, 6) is 0. The van der Waals surface area contributed by atoms with Crippen LogP contribution in [0.3, 0.4) is 0 Å². The van der Waals surface area contributed by atoms with Crippen LogP contribution < -0.4 is 0 Å². The average molecular weight is 399 g/mol. The Morgan fingerprint density at radius 3 is 2.45 bits per heavy atom. The standard InChI is InChI=1S/C26H23ClN2/c27-23-9-6-20(7-10-23)22-8-11-26-24(16-22)25(17-28-26)21-12-14-29(15-13-21)18-19-4-2-1-3-5-19/h1-12,16-17,28H,13-15,18H2. The lowest BCUT2D eigenvalue weighted by Gasteiger charge is -2.26. The zero-order chi connectivity index (χ0) is 19.6. The van der Waals surface area contributed by atoms with Crippen LogP contribution in [0.2, 0.25) is 5.02 Å². The minimum Gasteiger partial charge on any atom is -0.361 e. The van der Waals surface area contributed by atoms with Gasteiger partial charge in [0, 0.05) is 47.3 Å². The Bertz CT molecular complexity index is 1160. The van der Waals surface area contributed by atoms with Crippen LogP contribution in [-0.2, 0) is 6.54 Å². The highest BCUT2D eigenvalue weighted by Gasteiger charge is 2.16. The quantitative estimate of drug-likeness (QED) is 0.401. The first-order valence-electron chi connectivity index (χ1n) is 10.1. The fourth-order valence-corrected chi connectivity index (χ4v) is 4.28. The van der Waals surface area contributed by atoms with Gasteiger partial charge in [-0.2, -0.15) is 0 Å². The Hall–Kier alpha value is -2.81. The van der Waals surface area contributed by atoms with Gasteiger partial charge < -0.3 is 4.98 Å². The number of H-pyrrole nitrogens is 1. The Morgan fingerprint density at radius 2 is 1.69 bits per heavy atom. The van der Waals surface area contributed by atoms with Crippen molar-refractivity contribution in [2.24, 2.45) is 0 Å². The first-order chi connectivity index (χ1) is 14.3. The van der Waals surface area contributed by atoms with E-state index in [0.717, 1.165) is 31.1 Å². The Kier molecular flexibility index (Phi) is 4.97. The molecule has 1 N–H and O–H groups in total. The second-order valence-electron chi connectivity index (χ2n) is 7.67. The zero-order valence-corrected chi connectivity index (χ0v) is 17.0. The number of nitrogens with one attached hydrogen (secondary N) is 1. The van der Waals surface area contributed by atoms with Crippen molar-refractivity contribution < 1.29 is 0 Å². The molecule has 1 aromatic heterocycles.